The summed E-state index contributed by atoms with van der Waals surface area (Å²) in [5.41, 5.74) is -0.463. The summed E-state index contributed by atoms with van der Waals surface area (Å²) in [6, 6.07) is 3.20. The lowest BCUT2D eigenvalue weighted by molar-refractivity contribution is -0.385. The Hall–Kier alpha value is -1.73. The molecule has 6 nitrogen and oxygen atoms in total. The first-order valence-electron chi connectivity index (χ1n) is 7.00. The number of hydrogen-bond acceptors (Lipinski definition) is 4. The fourth-order valence-electron chi connectivity index (χ4n) is 2.54. The van der Waals surface area contributed by atoms with Crippen LogP contribution < -0.4 is 5.32 Å². The Bertz CT molecular complexity index is 550. The van der Waals surface area contributed by atoms with E-state index >= 15 is 0 Å². The van der Waals surface area contributed by atoms with Crippen LogP contribution in [0.2, 0.25) is 0 Å². The smallest absolute Gasteiger partial charge is 0.272 e. The molecule has 1 aromatic rings. The molecule has 1 heterocycles. The van der Waals surface area contributed by atoms with Crippen LogP contribution >= 0.6 is 12.4 Å². The SMILES string of the molecule is CCCN(C(=O)c1ccc([N+](=O)[O-])cc1F)C1CCNC1.Cl. The third kappa shape index (κ3) is 3.92. The topological polar surface area (TPSA) is 75.5 Å². The van der Waals surface area contributed by atoms with Crippen LogP contribution in [0, 0.1) is 15.9 Å². The number of nitrogens with zero attached hydrogens (tertiary/aromatic N) is 2. The first-order chi connectivity index (χ1) is 10.0. The van der Waals surface area contributed by atoms with Crippen molar-refractivity contribution in [3.05, 3.63) is 39.7 Å². The Morgan fingerprint density at radius 3 is 2.77 bits per heavy atom. The third-order valence-corrected chi connectivity index (χ3v) is 3.59. The fourth-order valence-corrected chi connectivity index (χ4v) is 2.54. The van der Waals surface area contributed by atoms with Gasteiger partial charge in [0, 0.05) is 25.2 Å². The minimum absolute atomic E-state index is 0. The lowest BCUT2D eigenvalue weighted by Crippen LogP contribution is -2.42. The molecule has 0 spiro atoms. The van der Waals surface area contributed by atoms with Gasteiger partial charge in [0.15, 0.2) is 0 Å². The molecule has 0 aliphatic carbocycles. The van der Waals surface area contributed by atoms with Crippen molar-refractivity contribution in [3.63, 3.8) is 0 Å². The van der Waals surface area contributed by atoms with Crippen molar-refractivity contribution < 1.29 is 14.1 Å². The summed E-state index contributed by atoms with van der Waals surface area (Å²) in [6.07, 6.45) is 1.61. The number of amides is 1. The summed E-state index contributed by atoms with van der Waals surface area (Å²) in [7, 11) is 0. The van der Waals surface area contributed by atoms with Crippen LogP contribution in [0.3, 0.4) is 0 Å². The molecule has 1 N–H and O–H groups in total. The molecule has 2 rings (SSSR count). The van der Waals surface area contributed by atoms with Crippen LogP contribution in [-0.2, 0) is 0 Å². The second-order valence-electron chi connectivity index (χ2n) is 5.07. The maximum absolute atomic E-state index is 14.0. The monoisotopic (exact) mass is 331 g/mol. The van der Waals surface area contributed by atoms with Gasteiger partial charge in [0.1, 0.15) is 5.82 Å². The molecule has 1 aromatic carbocycles. The van der Waals surface area contributed by atoms with Crippen LogP contribution in [0.4, 0.5) is 10.1 Å². The zero-order valence-corrected chi connectivity index (χ0v) is 13.1. The third-order valence-electron chi connectivity index (χ3n) is 3.59. The number of halogens is 2. The van der Waals surface area contributed by atoms with E-state index in [1.165, 1.54) is 6.07 Å². The largest absolute Gasteiger partial charge is 0.334 e. The average molecular weight is 332 g/mol. The molecular weight excluding hydrogens is 313 g/mol. The van der Waals surface area contributed by atoms with Crippen molar-refractivity contribution in [2.75, 3.05) is 19.6 Å². The second-order valence-corrected chi connectivity index (χ2v) is 5.07. The first kappa shape index (κ1) is 18.3. The molecule has 1 fully saturated rings. The lowest BCUT2D eigenvalue weighted by atomic mass is 10.1. The van der Waals surface area contributed by atoms with E-state index in [1.807, 2.05) is 6.92 Å². The molecule has 22 heavy (non-hydrogen) atoms. The summed E-state index contributed by atoms with van der Waals surface area (Å²) in [5, 5.41) is 13.8. The molecule has 0 aromatic heterocycles. The number of hydrogen-bond donors (Lipinski definition) is 1. The number of nitrogens with one attached hydrogen (secondary N) is 1. The Morgan fingerprint density at radius 1 is 1.55 bits per heavy atom. The summed E-state index contributed by atoms with van der Waals surface area (Å²) in [4.78, 5) is 24.1. The molecular formula is C14H19ClFN3O3. The van der Waals surface area contributed by atoms with Gasteiger partial charge >= 0.3 is 0 Å². The van der Waals surface area contributed by atoms with Gasteiger partial charge in [-0.05, 0) is 25.5 Å². The molecule has 122 valence electrons. The van der Waals surface area contributed by atoms with E-state index in [9.17, 15) is 19.3 Å². The van der Waals surface area contributed by atoms with Crippen LogP contribution in [0.25, 0.3) is 0 Å². The van der Waals surface area contributed by atoms with E-state index in [2.05, 4.69) is 5.32 Å². The zero-order chi connectivity index (χ0) is 15.4. The highest BCUT2D eigenvalue weighted by Crippen LogP contribution is 2.20. The number of non-ortho nitro benzene ring substituents is 1. The van der Waals surface area contributed by atoms with Gasteiger partial charge in [-0.1, -0.05) is 6.92 Å². The fraction of sp³-hybridized carbons (Fsp3) is 0.500. The van der Waals surface area contributed by atoms with E-state index in [0.717, 1.165) is 31.5 Å². The normalized spacial score (nSPS) is 16.9. The highest BCUT2D eigenvalue weighted by molar-refractivity contribution is 5.95. The number of nitro benzene ring substituents is 1. The van der Waals surface area contributed by atoms with Gasteiger partial charge in [-0.2, -0.15) is 0 Å². The number of nitro groups is 1. The molecule has 1 atom stereocenters. The molecule has 1 unspecified atom stereocenters. The van der Waals surface area contributed by atoms with Gasteiger partial charge in [-0.25, -0.2) is 4.39 Å². The summed E-state index contributed by atoms with van der Waals surface area (Å²) in [6.45, 7) is 4.03. The van der Waals surface area contributed by atoms with Gasteiger partial charge in [-0.3, -0.25) is 14.9 Å². The van der Waals surface area contributed by atoms with Gasteiger partial charge in [-0.15, -0.1) is 12.4 Å². The van der Waals surface area contributed by atoms with E-state index in [1.54, 1.807) is 4.90 Å². The molecule has 0 bridgehead atoms. The van der Waals surface area contributed by atoms with Crippen molar-refractivity contribution in [3.8, 4) is 0 Å². The van der Waals surface area contributed by atoms with E-state index < -0.39 is 16.6 Å². The van der Waals surface area contributed by atoms with Crippen molar-refractivity contribution >= 4 is 24.0 Å². The highest BCUT2D eigenvalue weighted by Gasteiger charge is 2.28. The van der Waals surface area contributed by atoms with Crippen LogP contribution in [0.15, 0.2) is 18.2 Å². The van der Waals surface area contributed by atoms with Crippen LogP contribution in [-0.4, -0.2) is 41.4 Å². The Morgan fingerprint density at radius 2 is 2.27 bits per heavy atom. The summed E-state index contributed by atoms with van der Waals surface area (Å²) >= 11 is 0. The lowest BCUT2D eigenvalue weighted by Gasteiger charge is -2.28. The standard InChI is InChI=1S/C14H18FN3O3.ClH/c1-2-7-17(11-5-6-16-9-11)14(19)12-4-3-10(18(20)21)8-13(12)15;/h3-4,8,11,16H,2,5-7,9H2,1H3;1H. The zero-order valence-electron chi connectivity index (χ0n) is 12.3. The molecule has 1 aliphatic heterocycles. The van der Waals surface area contributed by atoms with Gasteiger partial charge in [0.05, 0.1) is 16.6 Å². The van der Waals surface area contributed by atoms with E-state index in [4.69, 9.17) is 0 Å². The Kier molecular flexibility index (Phi) is 6.70. The Labute approximate surface area is 134 Å². The van der Waals surface area contributed by atoms with Crippen LogP contribution in [0.5, 0.6) is 0 Å². The quantitative estimate of drug-likeness (QED) is 0.664. The van der Waals surface area contributed by atoms with E-state index in [-0.39, 0.29) is 29.7 Å². The van der Waals surface area contributed by atoms with E-state index in [0.29, 0.717) is 13.1 Å². The molecule has 1 saturated heterocycles. The molecule has 1 aliphatic rings. The maximum Gasteiger partial charge on any atom is 0.272 e. The van der Waals surface area contributed by atoms with Crippen molar-refractivity contribution in [2.24, 2.45) is 0 Å². The number of benzene rings is 1. The predicted molar refractivity (Wildman–Crippen MR) is 82.9 cm³/mol. The van der Waals surface area contributed by atoms with Crippen LogP contribution in [0.1, 0.15) is 30.1 Å². The first-order valence-corrected chi connectivity index (χ1v) is 7.00. The predicted octanol–water partition coefficient (Wildman–Crippen LogP) is 2.37. The highest BCUT2D eigenvalue weighted by atomic mass is 35.5. The van der Waals surface area contributed by atoms with Gasteiger partial charge in [0.2, 0.25) is 0 Å². The molecule has 8 heteroatoms. The van der Waals surface area contributed by atoms with Crippen molar-refractivity contribution in [1.82, 2.24) is 10.2 Å². The van der Waals surface area contributed by atoms with Gasteiger partial charge < -0.3 is 10.2 Å². The minimum atomic E-state index is -0.846. The molecule has 0 saturated carbocycles. The number of rotatable bonds is 5. The van der Waals surface area contributed by atoms with Gasteiger partial charge in [0.25, 0.3) is 11.6 Å². The summed E-state index contributed by atoms with van der Waals surface area (Å²) in [5.74, 6) is -1.25. The maximum atomic E-state index is 14.0. The molecule has 1 amide bonds. The minimum Gasteiger partial charge on any atom is -0.334 e. The number of carbonyl (C=O) groups is 1. The Balaban J connectivity index is 0.00000242. The average Bonchev–Trinajstić information content (AvgIpc) is 2.97. The second kappa shape index (κ2) is 8.05. The number of carbonyl (C=O) groups excluding carboxylic acids is 1. The molecule has 0 radical (unpaired) electrons. The van der Waals surface area contributed by atoms with Crippen molar-refractivity contribution in [2.45, 2.75) is 25.8 Å². The summed E-state index contributed by atoms with van der Waals surface area (Å²) < 4.78 is 14.0. The van der Waals surface area contributed by atoms with Crippen molar-refractivity contribution in [1.29, 1.82) is 0 Å².